The highest BCUT2D eigenvalue weighted by atomic mass is 14.7. The van der Waals surface area contributed by atoms with Crippen molar-refractivity contribution in [2.24, 2.45) is 0 Å². The zero-order valence-corrected chi connectivity index (χ0v) is 9.92. The van der Waals surface area contributed by atoms with Crippen LogP contribution in [0, 0.1) is 13.8 Å². The Morgan fingerprint density at radius 3 is 2.40 bits per heavy atom. The molecule has 1 aromatic rings. The van der Waals surface area contributed by atoms with Gasteiger partial charge in [-0.2, -0.15) is 0 Å². The summed E-state index contributed by atoms with van der Waals surface area (Å²) in [5, 5.41) is 0. The molecule has 2 rings (SSSR count). The quantitative estimate of drug-likeness (QED) is 0.625. The van der Waals surface area contributed by atoms with E-state index in [2.05, 4.69) is 24.9 Å². The topological polar surface area (TPSA) is 12.9 Å². The van der Waals surface area contributed by atoms with Crippen LogP contribution in [0.4, 0.5) is 0 Å². The Bertz CT molecular complexity index is 322. The van der Waals surface area contributed by atoms with Crippen molar-refractivity contribution in [3.05, 3.63) is 29.1 Å². The smallest absolute Gasteiger partial charge is 0.0466 e. The Labute approximate surface area is 92.9 Å². The molecular formula is C14H21N. The Morgan fingerprint density at radius 1 is 1.07 bits per heavy atom. The second-order valence-electron chi connectivity index (χ2n) is 4.83. The van der Waals surface area contributed by atoms with E-state index in [0.717, 1.165) is 5.92 Å². The Balaban J connectivity index is 2.23. The van der Waals surface area contributed by atoms with Crippen LogP contribution >= 0.6 is 0 Å². The molecule has 0 spiro atoms. The average molecular weight is 203 g/mol. The molecule has 1 aliphatic rings. The van der Waals surface area contributed by atoms with Gasteiger partial charge < -0.3 is 0 Å². The molecule has 1 nitrogen and oxygen atoms in total. The van der Waals surface area contributed by atoms with Crippen LogP contribution in [0.25, 0.3) is 0 Å². The SMILES string of the molecule is Cc1ccnc(C2CCCCCC2)c1C. The maximum Gasteiger partial charge on any atom is 0.0466 e. The number of nitrogens with zero attached hydrogens (tertiary/aromatic N) is 1. The summed E-state index contributed by atoms with van der Waals surface area (Å²) in [6, 6.07) is 2.12. The van der Waals surface area contributed by atoms with E-state index >= 15 is 0 Å². The van der Waals surface area contributed by atoms with Gasteiger partial charge in [0.15, 0.2) is 0 Å². The molecule has 0 bridgehead atoms. The number of pyridine rings is 1. The minimum absolute atomic E-state index is 0.729. The minimum atomic E-state index is 0.729. The van der Waals surface area contributed by atoms with Gasteiger partial charge >= 0.3 is 0 Å². The number of rotatable bonds is 1. The molecule has 82 valence electrons. The lowest BCUT2D eigenvalue weighted by Crippen LogP contribution is -2.04. The molecule has 0 aromatic carbocycles. The average Bonchev–Trinajstić information content (AvgIpc) is 2.50. The monoisotopic (exact) mass is 203 g/mol. The van der Waals surface area contributed by atoms with Crippen LogP contribution in [-0.4, -0.2) is 4.98 Å². The summed E-state index contributed by atoms with van der Waals surface area (Å²) in [7, 11) is 0. The van der Waals surface area contributed by atoms with Gasteiger partial charge in [0.25, 0.3) is 0 Å². The van der Waals surface area contributed by atoms with E-state index in [1.807, 2.05) is 6.20 Å². The molecule has 1 fully saturated rings. The number of aryl methyl sites for hydroxylation is 1. The first-order chi connectivity index (χ1) is 7.29. The number of aromatic nitrogens is 1. The molecule has 0 atom stereocenters. The molecule has 0 N–H and O–H groups in total. The van der Waals surface area contributed by atoms with Crippen molar-refractivity contribution in [2.45, 2.75) is 58.3 Å². The molecule has 1 saturated carbocycles. The maximum absolute atomic E-state index is 4.60. The van der Waals surface area contributed by atoms with Gasteiger partial charge in [0.2, 0.25) is 0 Å². The van der Waals surface area contributed by atoms with Crippen LogP contribution in [-0.2, 0) is 0 Å². The zero-order valence-electron chi connectivity index (χ0n) is 9.92. The van der Waals surface area contributed by atoms with Gasteiger partial charge in [-0.1, -0.05) is 25.7 Å². The van der Waals surface area contributed by atoms with E-state index in [9.17, 15) is 0 Å². The third-order valence-electron chi connectivity index (χ3n) is 3.76. The molecular weight excluding hydrogens is 182 g/mol. The fourth-order valence-electron chi connectivity index (χ4n) is 2.62. The van der Waals surface area contributed by atoms with Gasteiger partial charge in [-0.05, 0) is 43.9 Å². The Kier molecular flexibility index (Phi) is 3.40. The van der Waals surface area contributed by atoms with E-state index in [-0.39, 0.29) is 0 Å². The molecule has 0 radical (unpaired) electrons. The van der Waals surface area contributed by atoms with Gasteiger partial charge in [0, 0.05) is 17.8 Å². The Morgan fingerprint density at radius 2 is 1.73 bits per heavy atom. The van der Waals surface area contributed by atoms with E-state index in [4.69, 9.17) is 0 Å². The first kappa shape index (κ1) is 10.7. The standard InChI is InChI=1S/C14H21N/c1-11-9-10-15-14(12(11)2)13-7-5-3-4-6-8-13/h9-10,13H,3-8H2,1-2H3. The highest BCUT2D eigenvalue weighted by Crippen LogP contribution is 2.32. The van der Waals surface area contributed by atoms with Crippen molar-refractivity contribution in [1.29, 1.82) is 0 Å². The lowest BCUT2D eigenvalue weighted by Gasteiger charge is -2.16. The van der Waals surface area contributed by atoms with Crippen LogP contribution in [0.5, 0.6) is 0 Å². The van der Waals surface area contributed by atoms with E-state index < -0.39 is 0 Å². The fourth-order valence-corrected chi connectivity index (χ4v) is 2.62. The summed E-state index contributed by atoms with van der Waals surface area (Å²) in [4.78, 5) is 4.60. The molecule has 1 heterocycles. The molecule has 0 amide bonds. The molecule has 1 aliphatic carbocycles. The van der Waals surface area contributed by atoms with E-state index in [1.54, 1.807) is 0 Å². The summed E-state index contributed by atoms with van der Waals surface area (Å²) in [6.45, 7) is 4.42. The second kappa shape index (κ2) is 4.78. The third-order valence-corrected chi connectivity index (χ3v) is 3.76. The summed E-state index contributed by atoms with van der Waals surface area (Å²) >= 11 is 0. The van der Waals surface area contributed by atoms with Crippen LogP contribution in [0.15, 0.2) is 12.3 Å². The number of hydrogen-bond acceptors (Lipinski definition) is 1. The first-order valence-corrected chi connectivity index (χ1v) is 6.21. The van der Waals surface area contributed by atoms with Crippen LogP contribution < -0.4 is 0 Å². The second-order valence-corrected chi connectivity index (χ2v) is 4.83. The summed E-state index contributed by atoms with van der Waals surface area (Å²) < 4.78 is 0. The van der Waals surface area contributed by atoms with Crippen LogP contribution in [0.2, 0.25) is 0 Å². The molecule has 1 heteroatoms. The van der Waals surface area contributed by atoms with Gasteiger partial charge in [0.1, 0.15) is 0 Å². The molecule has 0 unspecified atom stereocenters. The fraction of sp³-hybridized carbons (Fsp3) is 0.643. The van der Waals surface area contributed by atoms with Crippen LogP contribution in [0.1, 0.15) is 61.3 Å². The molecule has 1 aromatic heterocycles. The largest absolute Gasteiger partial charge is 0.261 e. The molecule has 0 saturated heterocycles. The maximum atomic E-state index is 4.60. The highest BCUT2D eigenvalue weighted by molar-refractivity contribution is 5.29. The lowest BCUT2D eigenvalue weighted by molar-refractivity contribution is 0.574. The van der Waals surface area contributed by atoms with Gasteiger partial charge in [-0.25, -0.2) is 0 Å². The predicted octanol–water partition coefficient (Wildman–Crippen LogP) is 4.14. The van der Waals surface area contributed by atoms with Gasteiger partial charge in [0.05, 0.1) is 0 Å². The van der Waals surface area contributed by atoms with Crippen molar-refractivity contribution in [3.63, 3.8) is 0 Å². The molecule has 0 aliphatic heterocycles. The lowest BCUT2D eigenvalue weighted by atomic mass is 9.92. The zero-order chi connectivity index (χ0) is 10.7. The summed E-state index contributed by atoms with van der Waals surface area (Å²) in [5.41, 5.74) is 4.19. The van der Waals surface area contributed by atoms with Crippen molar-refractivity contribution in [3.8, 4) is 0 Å². The normalized spacial score (nSPS) is 18.8. The first-order valence-electron chi connectivity index (χ1n) is 6.21. The van der Waals surface area contributed by atoms with Crippen LogP contribution in [0.3, 0.4) is 0 Å². The number of hydrogen-bond donors (Lipinski definition) is 0. The van der Waals surface area contributed by atoms with E-state index in [0.29, 0.717) is 0 Å². The van der Waals surface area contributed by atoms with E-state index in [1.165, 1.54) is 55.3 Å². The summed E-state index contributed by atoms with van der Waals surface area (Å²) in [6.07, 6.45) is 10.3. The van der Waals surface area contributed by atoms with Crippen molar-refractivity contribution in [2.75, 3.05) is 0 Å². The van der Waals surface area contributed by atoms with Crippen molar-refractivity contribution < 1.29 is 0 Å². The van der Waals surface area contributed by atoms with Crippen molar-refractivity contribution >= 4 is 0 Å². The van der Waals surface area contributed by atoms with Gasteiger partial charge in [-0.15, -0.1) is 0 Å². The van der Waals surface area contributed by atoms with Crippen molar-refractivity contribution in [1.82, 2.24) is 4.98 Å². The molecule has 15 heavy (non-hydrogen) atoms. The third kappa shape index (κ3) is 2.39. The van der Waals surface area contributed by atoms with Gasteiger partial charge in [-0.3, -0.25) is 4.98 Å². The predicted molar refractivity (Wildman–Crippen MR) is 64.2 cm³/mol. The Hall–Kier alpha value is -0.850. The summed E-state index contributed by atoms with van der Waals surface area (Å²) in [5.74, 6) is 0.729. The minimum Gasteiger partial charge on any atom is -0.261 e. The highest BCUT2D eigenvalue weighted by Gasteiger charge is 2.17.